The molecule has 0 saturated carbocycles. The van der Waals surface area contributed by atoms with Gasteiger partial charge in [0.2, 0.25) is 5.91 Å². The van der Waals surface area contributed by atoms with Crippen LogP contribution in [0.1, 0.15) is 12.8 Å². The van der Waals surface area contributed by atoms with Gasteiger partial charge >= 0.3 is 0 Å². The summed E-state index contributed by atoms with van der Waals surface area (Å²) < 4.78 is 23.8. The molecule has 1 aromatic carbocycles. The predicted molar refractivity (Wildman–Crippen MR) is 87.1 cm³/mol. The lowest BCUT2D eigenvalue weighted by molar-refractivity contribution is -0.116. The van der Waals surface area contributed by atoms with Crippen LogP contribution in [0.2, 0.25) is 0 Å². The zero-order valence-corrected chi connectivity index (χ0v) is 14.3. The fourth-order valence-electron chi connectivity index (χ4n) is 2.34. The van der Waals surface area contributed by atoms with Crippen molar-refractivity contribution in [3.8, 4) is 0 Å². The lowest BCUT2D eigenvalue weighted by atomic mass is 10.2. The summed E-state index contributed by atoms with van der Waals surface area (Å²) in [6, 6.07) is 7.43. The number of carbonyl (C=O) groups excluding carboxylic acids is 1. The van der Waals surface area contributed by atoms with Gasteiger partial charge in [0.05, 0.1) is 11.5 Å². The van der Waals surface area contributed by atoms with Gasteiger partial charge in [-0.2, -0.15) is 0 Å². The number of benzene rings is 1. The summed E-state index contributed by atoms with van der Waals surface area (Å²) in [6.45, 7) is 0.558. The molecule has 1 unspecified atom stereocenters. The Morgan fingerprint density at radius 2 is 2.05 bits per heavy atom. The summed E-state index contributed by atoms with van der Waals surface area (Å²) in [7, 11) is -1.00. The van der Waals surface area contributed by atoms with Crippen molar-refractivity contribution in [2.45, 2.75) is 18.9 Å². The number of nitrogens with zero attached hydrogens (tertiary/aromatic N) is 1. The van der Waals surface area contributed by atoms with E-state index in [1.54, 1.807) is 0 Å². The molecule has 0 bridgehead atoms. The maximum atomic E-state index is 11.9. The molecular formula is C14H19BrN2O3S. The van der Waals surface area contributed by atoms with Crippen LogP contribution in [-0.2, 0) is 14.6 Å². The first-order valence-corrected chi connectivity index (χ1v) is 9.43. The summed E-state index contributed by atoms with van der Waals surface area (Å²) >= 11 is 3.34. The molecule has 7 heteroatoms. The molecule has 0 aromatic heterocycles. The van der Waals surface area contributed by atoms with E-state index in [1.807, 2.05) is 36.2 Å². The molecule has 1 amide bonds. The molecule has 1 atom stereocenters. The third-order valence-corrected chi connectivity index (χ3v) is 5.93. The number of carbonyl (C=O) groups is 1. The van der Waals surface area contributed by atoms with E-state index in [9.17, 15) is 13.2 Å². The molecule has 116 valence electrons. The Kier molecular flexibility index (Phi) is 5.40. The SMILES string of the molecule is CN(CCC(=O)Nc1ccc(Br)cc1)C1CCS(=O)(=O)C1. The van der Waals surface area contributed by atoms with E-state index in [4.69, 9.17) is 0 Å². The highest BCUT2D eigenvalue weighted by molar-refractivity contribution is 9.10. The van der Waals surface area contributed by atoms with Gasteiger partial charge in [0.25, 0.3) is 0 Å². The average Bonchev–Trinajstić information content (AvgIpc) is 2.79. The van der Waals surface area contributed by atoms with Crippen molar-refractivity contribution in [1.82, 2.24) is 4.90 Å². The van der Waals surface area contributed by atoms with Crippen molar-refractivity contribution < 1.29 is 13.2 Å². The molecule has 1 N–H and O–H groups in total. The quantitative estimate of drug-likeness (QED) is 0.854. The highest BCUT2D eigenvalue weighted by Gasteiger charge is 2.30. The Morgan fingerprint density at radius 3 is 2.62 bits per heavy atom. The first-order chi connectivity index (χ1) is 9.85. The van der Waals surface area contributed by atoms with Gasteiger partial charge in [-0.1, -0.05) is 15.9 Å². The monoisotopic (exact) mass is 374 g/mol. The first kappa shape index (κ1) is 16.5. The molecule has 1 saturated heterocycles. The molecule has 0 spiro atoms. The summed E-state index contributed by atoms with van der Waals surface area (Å²) in [5, 5.41) is 2.83. The molecule has 2 rings (SSSR count). The van der Waals surface area contributed by atoms with Crippen LogP contribution in [0.4, 0.5) is 5.69 Å². The number of nitrogens with one attached hydrogen (secondary N) is 1. The van der Waals surface area contributed by atoms with Gasteiger partial charge in [-0.25, -0.2) is 8.42 Å². The van der Waals surface area contributed by atoms with Crippen molar-refractivity contribution >= 4 is 37.4 Å². The molecule has 5 nitrogen and oxygen atoms in total. The summed E-state index contributed by atoms with van der Waals surface area (Å²) in [6.07, 6.45) is 1.01. The van der Waals surface area contributed by atoms with Crippen LogP contribution in [0.5, 0.6) is 0 Å². The zero-order valence-electron chi connectivity index (χ0n) is 11.9. The second-order valence-electron chi connectivity index (χ2n) is 5.34. The topological polar surface area (TPSA) is 66.5 Å². The van der Waals surface area contributed by atoms with Crippen LogP contribution in [0, 0.1) is 0 Å². The van der Waals surface area contributed by atoms with Gasteiger partial charge in [0.1, 0.15) is 0 Å². The largest absolute Gasteiger partial charge is 0.326 e. The minimum Gasteiger partial charge on any atom is -0.326 e. The molecule has 1 aliphatic rings. The molecule has 1 fully saturated rings. The Labute approximate surface area is 133 Å². The van der Waals surface area contributed by atoms with Crippen LogP contribution in [0.25, 0.3) is 0 Å². The fourth-order valence-corrected chi connectivity index (χ4v) is 4.41. The third-order valence-electron chi connectivity index (χ3n) is 3.65. The molecule has 1 aromatic rings. The maximum Gasteiger partial charge on any atom is 0.225 e. The van der Waals surface area contributed by atoms with Crippen LogP contribution < -0.4 is 5.32 Å². The standard InChI is InChI=1S/C14H19BrN2O3S/c1-17(13-7-9-21(19,20)10-13)8-6-14(18)16-12-4-2-11(15)3-5-12/h2-5,13H,6-10H2,1H3,(H,16,18). The second-order valence-corrected chi connectivity index (χ2v) is 8.49. The number of sulfone groups is 1. The number of anilines is 1. The van der Waals surface area contributed by atoms with E-state index in [-0.39, 0.29) is 23.5 Å². The smallest absolute Gasteiger partial charge is 0.225 e. The lowest BCUT2D eigenvalue weighted by Gasteiger charge is -2.22. The molecule has 1 heterocycles. The van der Waals surface area contributed by atoms with Gasteiger partial charge in [-0.3, -0.25) is 4.79 Å². The van der Waals surface area contributed by atoms with Gasteiger partial charge < -0.3 is 10.2 Å². The first-order valence-electron chi connectivity index (χ1n) is 6.82. The summed E-state index contributed by atoms with van der Waals surface area (Å²) in [4.78, 5) is 13.8. The summed E-state index contributed by atoms with van der Waals surface area (Å²) in [5.74, 6) is 0.398. The Bertz CT molecular complexity index is 601. The van der Waals surface area contributed by atoms with Crippen LogP contribution in [0.15, 0.2) is 28.7 Å². The number of halogens is 1. The van der Waals surface area contributed by atoms with E-state index in [0.717, 1.165) is 10.2 Å². The Balaban J connectivity index is 1.77. The van der Waals surface area contributed by atoms with E-state index >= 15 is 0 Å². The van der Waals surface area contributed by atoms with Crippen molar-refractivity contribution in [3.05, 3.63) is 28.7 Å². The third kappa shape index (κ3) is 5.09. The van der Waals surface area contributed by atoms with E-state index in [2.05, 4.69) is 21.2 Å². The Hall–Kier alpha value is -0.920. The fraction of sp³-hybridized carbons (Fsp3) is 0.500. The van der Waals surface area contributed by atoms with Crippen LogP contribution in [-0.4, -0.2) is 50.4 Å². The number of rotatable bonds is 5. The van der Waals surface area contributed by atoms with E-state index in [1.165, 1.54) is 0 Å². The van der Waals surface area contributed by atoms with Gasteiger partial charge in [0, 0.05) is 29.2 Å². The van der Waals surface area contributed by atoms with E-state index in [0.29, 0.717) is 19.4 Å². The molecule has 0 radical (unpaired) electrons. The van der Waals surface area contributed by atoms with Gasteiger partial charge in [-0.05, 0) is 37.7 Å². The minimum absolute atomic E-state index is 0.0375. The molecular weight excluding hydrogens is 356 g/mol. The number of hydrogen-bond acceptors (Lipinski definition) is 4. The van der Waals surface area contributed by atoms with Crippen LogP contribution >= 0.6 is 15.9 Å². The highest BCUT2D eigenvalue weighted by Crippen LogP contribution is 2.17. The molecule has 0 aliphatic carbocycles. The van der Waals surface area contributed by atoms with Crippen molar-refractivity contribution in [1.29, 1.82) is 0 Å². The second kappa shape index (κ2) is 6.89. The van der Waals surface area contributed by atoms with Gasteiger partial charge in [-0.15, -0.1) is 0 Å². The van der Waals surface area contributed by atoms with Gasteiger partial charge in [0.15, 0.2) is 9.84 Å². The summed E-state index contributed by atoms with van der Waals surface area (Å²) in [5.41, 5.74) is 0.759. The predicted octanol–water partition coefficient (Wildman–Crippen LogP) is 1.90. The Morgan fingerprint density at radius 1 is 1.38 bits per heavy atom. The lowest BCUT2D eigenvalue weighted by Crippen LogP contribution is -2.35. The average molecular weight is 375 g/mol. The van der Waals surface area contributed by atoms with E-state index < -0.39 is 9.84 Å². The zero-order chi connectivity index (χ0) is 15.5. The molecule has 1 aliphatic heterocycles. The van der Waals surface area contributed by atoms with Crippen molar-refractivity contribution in [2.75, 3.05) is 30.4 Å². The minimum atomic E-state index is -2.88. The van der Waals surface area contributed by atoms with Crippen molar-refractivity contribution in [3.63, 3.8) is 0 Å². The highest BCUT2D eigenvalue weighted by atomic mass is 79.9. The van der Waals surface area contributed by atoms with Crippen molar-refractivity contribution in [2.24, 2.45) is 0 Å². The number of hydrogen-bond donors (Lipinski definition) is 1. The normalized spacial score (nSPS) is 20.6. The van der Waals surface area contributed by atoms with Crippen LogP contribution in [0.3, 0.4) is 0 Å². The maximum absolute atomic E-state index is 11.9. The molecule has 21 heavy (non-hydrogen) atoms. The number of amides is 1.